The van der Waals surface area contributed by atoms with Crippen molar-refractivity contribution < 1.29 is 27.4 Å². The Balaban J connectivity index is 2.15. The number of methoxy groups -OCH3 is 1. The molecule has 0 unspecified atom stereocenters. The molecule has 0 heterocycles. The number of nitrogens with two attached hydrogens (primary N) is 1. The van der Waals surface area contributed by atoms with E-state index in [1.165, 1.54) is 31.4 Å². The molecule has 0 saturated carbocycles. The summed E-state index contributed by atoms with van der Waals surface area (Å²) in [6.07, 6.45) is -4.38. The first-order valence-corrected chi connectivity index (χ1v) is 6.58. The topological polar surface area (TPSA) is 61.5 Å². The number of amides is 1. The van der Waals surface area contributed by atoms with Gasteiger partial charge in [-0.25, -0.2) is 0 Å². The van der Waals surface area contributed by atoms with Gasteiger partial charge < -0.3 is 15.2 Å². The molecule has 0 radical (unpaired) electrons. The maximum Gasteiger partial charge on any atom is 0.416 e. The fourth-order valence-electron chi connectivity index (χ4n) is 1.90. The predicted molar refractivity (Wildman–Crippen MR) is 77.3 cm³/mol. The van der Waals surface area contributed by atoms with Gasteiger partial charge in [-0.2, -0.15) is 13.2 Å². The first kappa shape index (κ1) is 16.7. The van der Waals surface area contributed by atoms with Gasteiger partial charge in [-0.05, 0) is 29.8 Å². The van der Waals surface area contributed by atoms with Crippen molar-refractivity contribution >= 4 is 5.91 Å². The highest BCUT2D eigenvalue weighted by molar-refractivity contribution is 5.95. The molecule has 0 aliphatic heterocycles. The quantitative estimate of drug-likeness (QED) is 0.916. The smallest absolute Gasteiger partial charge is 0.416 e. The molecular formula is C16H14F3NO3. The zero-order valence-electron chi connectivity index (χ0n) is 12.2. The highest BCUT2D eigenvalue weighted by Gasteiger charge is 2.29. The second-order valence-corrected chi connectivity index (χ2v) is 4.71. The first-order chi connectivity index (χ1) is 10.8. The number of benzene rings is 2. The fraction of sp³-hybridized carbons (Fsp3) is 0.188. The first-order valence-electron chi connectivity index (χ1n) is 6.58. The van der Waals surface area contributed by atoms with Crippen LogP contribution in [0.2, 0.25) is 0 Å². The minimum absolute atomic E-state index is 0.00835. The molecule has 0 spiro atoms. The molecular weight excluding hydrogens is 311 g/mol. The predicted octanol–water partition coefficient (Wildman–Crippen LogP) is 3.39. The number of hydrogen-bond acceptors (Lipinski definition) is 3. The van der Waals surface area contributed by atoms with Crippen LogP contribution in [0.15, 0.2) is 42.5 Å². The van der Waals surface area contributed by atoms with E-state index in [0.717, 1.165) is 12.1 Å². The maximum atomic E-state index is 12.5. The molecule has 2 aromatic carbocycles. The van der Waals surface area contributed by atoms with E-state index in [4.69, 9.17) is 15.2 Å². The van der Waals surface area contributed by atoms with Crippen LogP contribution in [-0.2, 0) is 12.8 Å². The van der Waals surface area contributed by atoms with Crippen molar-refractivity contribution in [3.8, 4) is 11.5 Å². The van der Waals surface area contributed by atoms with Gasteiger partial charge >= 0.3 is 6.18 Å². The van der Waals surface area contributed by atoms with Crippen LogP contribution >= 0.6 is 0 Å². The lowest BCUT2D eigenvalue weighted by molar-refractivity contribution is -0.137. The van der Waals surface area contributed by atoms with Crippen LogP contribution in [0.3, 0.4) is 0 Å². The summed E-state index contributed by atoms with van der Waals surface area (Å²) in [4.78, 5) is 11.4. The monoisotopic (exact) mass is 325 g/mol. The van der Waals surface area contributed by atoms with E-state index in [-0.39, 0.29) is 17.9 Å². The van der Waals surface area contributed by atoms with Gasteiger partial charge in [0.25, 0.3) is 5.91 Å². The van der Waals surface area contributed by atoms with E-state index in [1.54, 1.807) is 6.07 Å². The molecule has 0 aliphatic rings. The van der Waals surface area contributed by atoms with Crippen molar-refractivity contribution in [3.63, 3.8) is 0 Å². The molecule has 4 nitrogen and oxygen atoms in total. The highest BCUT2D eigenvalue weighted by atomic mass is 19.4. The minimum Gasteiger partial charge on any atom is -0.497 e. The number of carbonyl (C=O) groups is 1. The summed E-state index contributed by atoms with van der Waals surface area (Å²) in [6, 6.07) is 9.08. The summed E-state index contributed by atoms with van der Waals surface area (Å²) in [6.45, 7) is -0.00835. The van der Waals surface area contributed by atoms with Crippen LogP contribution in [0.5, 0.6) is 11.5 Å². The van der Waals surface area contributed by atoms with Crippen LogP contribution < -0.4 is 15.2 Å². The van der Waals surface area contributed by atoms with E-state index >= 15 is 0 Å². The Kier molecular flexibility index (Phi) is 4.78. The highest BCUT2D eigenvalue weighted by Crippen LogP contribution is 2.29. The van der Waals surface area contributed by atoms with E-state index in [2.05, 4.69) is 0 Å². The Labute approximate surface area is 130 Å². The average molecular weight is 325 g/mol. The van der Waals surface area contributed by atoms with Gasteiger partial charge in [0.15, 0.2) is 0 Å². The number of halogens is 3. The molecule has 122 valence electrons. The summed E-state index contributed by atoms with van der Waals surface area (Å²) in [5, 5.41) is 0. The lowest BCUT2D eigenvalue weighted by Crippen LogP contribution is -2.13. The number of primary amides is 1. The van der Waals surface area contributed by atoms with Crippen LogP contribution in [0.1, 0.15) is 21.5 Å². The fourth-order valence-corrected chi connectivity index (χ4v) is 1.90. The summed E-state index contributed by atoms with van der Waals surface area (Å²) in [5.74, 6) is 0.00393. The van der Waals surface area contributed by atoms with Gasteiger partial charge in [0.05, 0.1) is 18.2 Å². The van der Waals surface area contributed by atoms with Crippen molar-refractivity contribution in [2.24, 2.45) is 5.73 Å². The lowest BCUT2D eigenvalue weighted by Gasteiger charge is -2.12. The molecule has 0 saturated heterocycles. The van der Waals surface area contributed by atoms with E-state index in [9.17, 15) is 18.0 Å². The van der Waals surface area contributed by atoms with Gasteiger partial charge in [-0.3, -0.25) is 4.79 Å². The summed E-state index contributed by atoms with van der Waals surface area (Å²) in [7, 11) is 1.46. The Morgan fingerprint density at radius 2 is 1.78 bits per heavy atom. The Morgan fingerprint density at radius 3 is 2.30 bits per heavy atom. The Morgan fingerprint density at radius 1 is 1.13 bits per heavy atom. The van der Waals surface area contributed by atoms with E-state index in [1.807, 2.05) is 0 Å². The molecule has 0 aromatic heterocycles. The Bertz CT molecular complexity index is 697. The average Bonchev–Trinajstić information content (AvgIpc) is 2.52. The molecule has 1 amide bonds. The summed E-state index contributed by atoms with van der Waals surface area (Å²) in [5.41, 5.74) is 5.21. The van der Waals surface area contributed by atoms with Crippen molar-refractivity contribution in [1.29, 1.82) is 0 Å². The SMILES string of the molecule is COc1ccc(C(N)=O)c(OCc2ccc(C(F)(F)F)cc2)c1. The lowest BCUT2D eigenvalue weighted by atomic mass is 10.1. The molecule has 0 atom stereocenters. The zero-order chi connectivity index (χ0) is 17.0. The molecule has 0 aliphatic carbocycles. The molecule has 0 fully saturated rings. The summed E-state index contributed by atoms with van der Waals surface area (Å²) < 4.78 is 48.0. The summed E-state index contributed by atoms with van der Waals surface area (Å²) >= 11 is 0. The van der Waals surface area contributed by atoms with Crippen molar-refractivity contribution in [3.05, 3.63) is 59.2 Å². The molecule has 23 heavy (non-hydrogen) atoms. The van der Waals surface area contributed by atoms with E-state index < -0.39 is 17.6 Å². The van der Waals surface area contributed by atoms with Crippen LogP contribution in [-0.4, -0.2) is 13.0 Å². The van der Waals surface area contributed by atoms with Crippen molar-refractivity contribution in [2.45, 2.75) is 12.8 Å². The van der Waals surface area contributed by atoms with Crippen LogP contribution in [0.25, 0.3) is 0 Å². The number of ether oxygens (including phenoxy) is 2. The van der Waals surface area contributed by atoms with Gasteiger partial charge in [0.1, 0.15) is 18.1 Å². The van der Waals surface area contributed by atoms with E-state index in [0.29, 0.717) is 11.3 Å². The molecule has 7 heteroatoms. The second kappa shape index (κ2) is 6.60. The molecule has 0 bridgehead atoms. The van der Waals surface area contributed by atoms with Gasteiger partial charge in [0.2, 0.25) is 0 Å². The second-order valence-electron chi connectivity index (χ2n) is 4.71. The molecule has 2 N–H and O–H groups in total. The number of hydrogen-bond donors (Lipinski definition) is 1. The largest absolute Gasteiger partial charge is 0.497 e. The molecule has 2 aromatic rings. The van der Waals surface area contributed by atoms with Gasteiger partial charge in [-0.1, -0.05) is 12.1 Å². The van der Waals surface area contributed by atoms with Crippen molar-refractivity contribution in [1.82, 2.24) is 0 Å². The number of alkyl halides is 3. The molecule has 2 rings (SSSR count). The third-order valence-corrected chi connectivity index (χ3v) is 3.13. The van der Waals surface area contributed by atoms with Crippen molar-refractivity contribution in [2.75, 3.05) is 7.11 Å². The standard InChI is InChI=1S/C16H14F3NO3/c1-22-12-6-7-13(15(20)21)14(8-12)23-9-10-2-4-11(5-3-10)16(17,18)19/h2-8H,9H2,1H3,(H2,20,21). The number of rotatable bonds is 5. The minimum atomic E-state index is -4.38. The number of carbonyl (C=O) groups excluding carboxylic acids is 1. The zero-order valence-corrected chi connectivity index (χ0v) is 12.2. The van der Waals surface area contributed by atoms with Gasteiger partial charge in [0, 0.05) is 6.07 Å². The third kappa shape index (κ3) is 4.15. The van der Waals surface area contributed by atoms with Gasteiger partial charge in [-0.15, -0.1) is 0 Å². The van der Waals surface area contributed by atoms with Crippen LogP contribution in [0, 0.1) is 0 Å². The normalized spacial score (nSPS) is 11.1. The Hall–Kier alpha value is -2.70. The third-order valence-electron chi connectivity index (χ3n) is 3.13. The van der Waals surface area contributed by atoms with Crippen LogP contribution in [0.4, 0.5) is 13.2 Å². The maximum absolute atomic E-state index is 12.5.